The summed E-state index contributed by atoms with van der Waals surface area (Å²) in [5.41, 5.74) is 6.87. The van der Waals surface area contributed by atoms with E-state index in [0.29, 0.717) is 22.7 Å². The highest BCUT2D eigenvalue weighted by molar-refractivity contribution is 6.30. The van der Waals surface area contributed by atoms with Gasteiger partial charge >= 0.3 is 0 Å². The van der Waals surface area contributed by atoms with Crippen molar-refractivity contribution in [1.29, 1.82) is 0 Å². The smallest absolute Gasteiger partial charge is 0.155 e. The zero-order valence-electron chi connectivity index (χ0n) is 7.72. The standard InChI is InChI=1S/C10H8ClN3O/c11-8-1-3-9(4-2-8)14-10(12)7(6-15)5-13-14/h1-6H,12H2. The molecule has 5 heteroatoms. The van der Waals surface area contributed by atoms with Crippen LogP contribution in [0.5, 0.6) is 0 Å². The van der Waals surface area contributed by atoms with Crippen molar-refractivity contribution in [1.82, 2.24) is 9.78 Å². The fourth-order valence-corrected chi connectivity index (χ4v) is 1.38. The Balaban J connectivity index is 2.49. The van der Waals surface area contributed by atoms with E-state index in [1.807, 2.05) is 0 Å². The Hall–Kier alpha value is -1.81. The molecular weight excluding hydrogens is 214 g/mol. The summed E-state index contributed by atoms with van der Waals surface area (Å²) in [6, 6.07) is 7.03. The van der Waals surface area contributed by atoms with E-state index >= 15 is 0 Å². The van der Waals surface area contributed by atoms with E-state index in [9.17, 15) is 4.79 Å². The summed E-state index contributed by atoms with van der Waals surface area (Å²) < 4.78 is 1.49. The number of nitrogens with zero attached hydrogens (tertiary/aromatic N) is 2. The summed E-state index contributed by atoms with van der Waals surface area (Å²) in [6.07, 6.45) is 2.10. The van der Waals surface area contributed by atoms with Crippen molar-refractivity contribution in [3.05, 3.63) is 41.0 Å². The van der Waals surface area contributed by atoms with Gasteiger partial charge in [-0.15, -0.1) is 0 Å². The van der Waals surface area contributed by atoms with Crippen LogP contribution in [0, 0.1) is 0 Å². The van der Waals surface area contributed by atoms with Gasteiger partial charge in [-0.2, -0.15) is 5.10 Å². The summed E-state index contributed by atoms with van der Waals surface area (Å²) in [5.74, 6) is 0.326. The van der Waals surface area contributed by atoms with Crippen molar-refractivity contribution >= 4 is 23.7 Å². The topological polar surface area (TPSA) is 60.9 Å². The molecule has 1 heterocycles. The molecule has 2 aromatic rings. The molecule has 0 aliphatic heterocycles. The molecule has 0 atom stereocenters. The number of halogens is 1. The molecule has 0 saturated heterocycles. The molecule has 0 fully saturated rings. The number of rotatable bonds is 2. The first-order valence-electron chi connectivity index (χ1n) is 4.27. The molecule has 0 aliphatic carbocycles. The van der Waals surface area contributed by atoms with Crippen LogP contribution in [-0.4, -0.2) is 16.1 Å². The SMILES string of the molecule is Nc1c(C=O)cnn1-c1ccc(Cl)cc1. The van der Waals surface area contributed by atoms with Gasteiger partial charge in [-0.1, -0.05) is 11.6 Å². The van der Waals surface area contributed by atoms with Gasteiger partial charge in [0.15, 0.2) is 6.29 Å². The van der Waals surface area contributed by atoms with Gasteiger partial charge in [0.1, 0.15) is 5.82 Å². The Kier molecular flexibility index (Phi) is 2.43. The van der Waals surface area contributed by atoms with Gasteiger partial charge in [-0.25, -0.2) is 4.68 Å². The molecule has 4 nitrogen and oxygen atoms in total. The minimum absolute atomic E-state index is 0.326. The van der Waals surface area contributed by atoms with Gasteiger partial charge in [0.25, 0.3) is 0 Å². The number of anilines is 1. The van der Waals surface area contributed by atoms with Crippen molar-refractivity contribution in [2.45, 2.75) is 0 Å². The first-order chi connectivity index (χ1) is 7.22. The summed E-state index contributed by atoms with van der Waals surface area (Å²) in [7, 11) is 0. The molecular formula is C10H8ClN3O. The molecule has 2 rings (SSSR count). The van der Waals surface area contributed by atoms with E-state index in [4.69, 9.17) is 17.3 Å². The Morgan fingerprint density at radius 2 is 2.00 bits per heavy atom. The minimum atomic E-state index is 0.326. The molecule has 0 aliphatic rings. The number of aldehydes is 1. The van der Waals surface area contributed by atoms with Crippen LogP contribution in [0.25, 0.3) is 5.69 Å². The van der Waals surface area contributed by atoms with Crippen molar-refractivity contribution in [3.63, 3.8) is 0 Å². The molecule has 0 radical (unpaired) electrons. The first kappa shape index (κ1) is 9.73. The molecule has 0 bridgehead atoms. The number of nitrogens with two attached hydrogens (primary N) is 1. The van der Waals surface area contributed by atoms with Gasteiger partial charge in [0.05, 0.1) is 17.4 Å². The number of hydrogen-bond acceptors (Lipinski definition) is 3. The van der Waals surface area contributed by atoms with Gasteiger partial charge in [0, 0.05) is 5.02 Å². The highest BCUT2D eigenvalue weighted by atomic mass is 35.5. The fraction of sp³-hybridized carbons (Fsp3) is 0. The number of carbonyl (C=O) groups is 1. The van der Waals surface area contributed by atoms with Crippen LogP contribution in [0.4, 0.5) is 5.82 Å². The van der Waals surface area contributed by atoms with Crippen LogP contribution in [0.2, 0.25) is 5.02 Å². The Morgan fingerprint density at radius 3 is 2.53 bits per heavy atom. The molecule has 76 valence electrons. The zero-order chi connectivity index (χ0) is 10.8. The van der Waals surface area contributed by atoms with E-state index in [-0.39, 0.29) is 0 Å². The molecule has 0 amide bonds. The molecule has 2 N–H and O–H groups in total. The van der Waals surface area contributed by atoms with Crippen molar-refractivity contribution in [2.24, 2.45) is 0 Å². The molecule has 0 saturated carbocycles. The third-order valence-electron chi connectivity index (χ3n) is 2.03. The van der Waals surface area contributed by atoms with E-state index in [2.05, 4.69) is 5.10 Å². The summed E-state index contributed by atoms with van der Waals surface area (Å²) in [6.45, 7) is 0. The summed E-state index contributed by atoms with van der Waals surface area (Å²) in [4.78, 5) is 10.6. The third kappa shape index (κ3) is 1.71. The highest BCUT2D eigenvalue weighted by Gasteiger charge is 2.07. The highest BCUT2D eigenvalue weighted by Crippen LogP contribution is 2.17. The van der Waals surface area contributed by atoms with E-state index in [1.54, 1.807) is 24.3 Å². The Bertz CT molecular complexity index is 490. The largest absolute Gasteiger partial charge is 0.383 e. The number of nitrogen functional groups attached to an aromatic ring is 1. The van der Waals surface area contributed by atoms with Crippen molar-refractivity contribution < 1.29 is 4.79 Å². The maximum atomic E-state index is 10.6. The van der Waals surface area contributed by atoms with Gasteiger partial charge in [0.2, 0.25) is 0 Å². The lowest BCUT2D eigenvalue weighted by molar-refractivity contribution is 0.112. The fourth-order valence-electron chi connectivity index (χ4n) is 1.25. The molecule has 0 spiro atoms. The van der Waals surface area contributed by atoms with Crippen LogP contribution in [0.1, 0.15) is 10.4 Å². The van der Waals surface area contributed by atoms with Crippen molar-refractivity contribution in [3.8, 4) is 5.69 Å². The average Bonchev–Trinajstić information content (AvgIpc) is 2.61. The van der Waals surface area contributed by atoms with Crippen LogP contribution in [0.15, 0.2) is 30.5 Å². The van der Waals surface area contributed by atoms with Crippen LogP contribution in [-0.2, 0) is 0 Å². The third-order valence-corrected chi connectivity index (χ3v) is 2.29. The lowest BCUT2D eigenvalue weighted by atomic mass is 10.3. The minimum Gasteiger partial charge on any atom is -0.383 e. The second-order valence-electron chi connectivity index (χ2n) is 2.99. The van der Waals surface area contributed by atoms with Gasteiger partial charge in [-0.3, -0.25) is 4.79 Å². The predicted molar refractivity (Wildman–Crippen MR) is 58.4 cm³/mol. The maximum Gasteiger partial charge on any atom is 0.155 e. The lowest BCUT2D eigenvalue weighted by Crippen LogP contribution is -2.02. The molecule has 1 aromatic carbocycles. The summed E-state index contributed by atoms with van der Waals surface area (Å²) in [5, 5.41) is 4.64. The summed E-state index contributed by atoms with van der Waals surface area (Å²) >= 11 is 5.75. The lowest BCUT2D eigenvalue weighted by Gasteiger charge is -2.03. The average molecular weight is 222 g/mol. The Morgan fingerprint density at radius 1 is 1.33 bits per heavy atom. The van der Waals surface area contributed by atoms with Crippen LogP contribution in [0.3, 0.4) is 0 Å². The zero-order valence-corrected chi connectivity index (χ0v) is 8.48. The monoisotopic (exact) mass is 221 g/mol. The number of aromatic nitrogens is 2. The quantitative estimate of drug-likeness (QED) is 0.789. The number of hydrogen-bond donors (Lipinski definition) is 1. The number of benzene rings is 1. The second kappa shape index (κ2) is 3.74. The number of carbonyl (C=O) groups excluding carboxylic acids is 1. The molecule has 0 unspecified atom stereocenters. The van der Waals surface area contributed by atoms with E-state index < -0.39 is 0 Å². The van der Waals surface area contributed by atoms with E-state index in [1.165, 1.54) is 10.9 Å². The molecule has 1 aromatic heterocycles. The predicted octanol–water partition coefficient (Wildman–Crippen LogP) is 1.92. The van der Waals surface area contributed by atoms with Crippen LogP contribution < -0.4 is 5.73 Å². The molecule has 15 heavy (non-hydrogen) atoms. The first-order valence-corrected chi connectivity index (χ1v) is 4.65. The van der Waals surface area contributed by atoms with Gasteiger partial charge < -0.3 is 5.73 Å². The Labute approximate surface area is 91.3 Å². The van der Waals surface area contributed by atoms with Gasteiger partial charge in [-0.05, 0) is 24.3 Å². The second-order valence-corrected chi connectivity index (χ2v) is 3.43. The maximum absolute atomic E-state index is 10.6. The normalized spacial score (nSPS) is 10.2. The van der Waals surface area contributed by atoms with Crippen molar-refractivity contribution in [2.75, 3.05) is 5.73 Å². The van der Waals surface area contributed by atoms with Crippen LogP contribution >= 0.6 is 11.6 Å². The van der Waals surface area contributed by atoms with E-state index in [0.717, 1.165) is 5.69 Å².